The van der Waals surface area contributed by atoms with Gasteiger partial charge in [-0.15, -0.1) is 0 Å². The zero-order valence-corrected chi connectivity index (χ0v) is 37.5. The summed E-state index contributed by atoms with van der Waals surface area (Å²) in [6.07, 6.45) is 9.02. The normalized spacial score (nSPS) is 12.0. The molecule has 0 radical (unpaired) electrons. The van der Waals surface area contributed by atoms with E-state index < -0.39 is 5.60 Å². The Hall–Kier alpha value is -6.66. The van der Waals surface area contributed by atoms with Gasteiger partial charge in [-0.2, -0.15) is 0 Å². The Kier molecular flexibility index (Phi) is 18.3. The molecule has 338 valence electrons. The molecule has 6 rings (SSSR count). The van der Waals surface area contributed by atoms with Gasteiger partial charge in [0.1, 0.15) is 23.7 Å². The van der Waals surface area contributed by atoms with Crippen LogP contribution >= 0.6 is 0 Å². The van der Waals surface area contributed by atoms with Gasteiger partial charge in [0, 0.05) is 49.1 Å². The lowest BCUT2D eigenvalue weighted by Gasteiger charge is -2.36. The number of benzene rings is 5. The van der Waals surface area contributed by atoms with Crippen molar-refractivity contribution in [2.45, 2.75) is 83.8 Å². The van der Waals surface area contributed by atoms with Gasteiger partial charge in [0.15, 0.2) is 0 Å². The lowest BCUT2D eigenvalue weighted by molar-refractivity contribution is -0.142. The zero-order valence-electron chi connectivity index (χ0n) is 37.5. The van der Waals surface area contributed by atoms with Crippen LogP contribution in [0.4, 0.5) is 11.4 Å². The monoisotopic (exact) mass is 870 g/mol. The van der Waals surface area contributed by atoms with Gasteiger partial charge < -0.3 is 35.7 Å². The van der Waals surface area contributed by atoms with Crippen LogP contribution in [0, 0.1) is 0 Å². The Morgan fingerprint density at radius 1 is 0.641 bits per heavy atom. The number of nitrogens with zero attached hydrogens (tertiary/aromatic N) is 1. The molecule has 0 atom stereocenters. The van der Waals surface area contributed by atoms with Crippen LogP contribution in [-0.4, -0.2) is 62.5 Å². The van der Waals surface area contributed by atoms with Crippen molar-refractivity contribution < 1.29 is 38.1 Å². The Morgan fingerprint density at radius 2 is 1.20 bits per heavy atom. The number of carbonyl (C=O) groups excluding carboxylic acids is 4. The molecule has 0 bridgehead atoms. The summed E-state index contributed by atoms with van der Waals surface area (Å²) < 4.78 is 22.7. The first-order valence-corrected chi connectivity index (χ1v) is 22.1. The molecule has 0 unspecified atom stereocenters. The van der Waals surface area contributed by atoms with E-state index in [9.17, 15) is 19.2 Å². The average Bonchev–Trinajstić information content (AvgIpc) is 3.55. The number of hydrogen-bond acceptors (Lipinski definition) is 10. The summed E-state index contributed by atoms with van der Waals surface area (Å²) in [5.41, 5.74) is 16.7. The minimum Gasteiger partial charge on any atom is -0.497 e. The minimum atomic E-state index is -0.845. The molecule has 0 spiro atoms. The van der Waals surface area contributed by atoms with Crippen LogP contribution in [0.5, 0.6) is 11.5 Å². The van der Waals surface area contributed by atoms with Crippen molar-refractivity contribution in [2.24, 2.45) is 0 Å². The van der Waals surface area contributed by atoms with Crippen LogP contribution in [0.2, 0.25) is 0 Å². The van der Waals surface area contributed by atoms with E-state index in [4.69, 9.17) is 30.4 Å². The maximum absolute atomic E-state index is 12.7. The molecule has 3 amide bonds. The molecule has 1 aliphatic heterocycles. The van der Waals surface area contributed by atoms with E-state index in [1.54, 1.807) is 50.6 Å². The first-order chi connectivity index (χ1) is 31.0. The fourth-order valence-corrected chi connectivity index (χ4v) is 7.67. The number of nitrogens with two attached hydrogens (primary N) is 2. The van der Waals surface area contributed by atoms with Gasteiger partial charge >= 0.3 is 5.97 Å². The molecule has 1 aliphatic rings. The van der Waals surface area contributed by atoms with Crippen LogP contribution in [0.15, 0.2) is 115 Å². The van der Waals surface area contributed by atoms with E-state index in [-0.39, 0.29) is 30.3 Å². The van der Waals surface area contributed by atoms with Crippen LogP contribution in [0.3, 0.4) is 0 Å². The number of anilines is 2. The van der Waals surface area contributed by atoms with Crippen LogP contribution in [-0.2, 0) is 26.5 Å². The maximum Gasteiger partial charge on any atom is 0.302 e. The highest BCUT2D eigenvalue weighted by atomic mass is 16.5. The summed E-state index contributed by atoms with van der Waals surface area (Å²) in [7, 11) is 3.31. The SMILES string of the molecule is CCCCCCCNC(=O)c1cc(N)ccc1COC(C)=O.COc1ccc(C(OCCCCCCN2C(=O)c3ccc(N)cc3C2=O)(c2ccccc2)c2ccc(OC)cc2)cc1. The van der Waals surface area contributed by atoms with E-state index in [0.29, 0.717) is 53.3 Å². The van der Waals surface area contributed by atoms with E-state index in [1.165, 1.54) is 31.1 Å². The predicted molar refractivity (Wildman–Crippen MR) is 250 cm³/mol. The number of amides is 3. The Labute approximate surface area is 377 Å². The second-order valence-corrected chi connectivity index (χ2v) is 15.7. The standard InChI is InChI=1S/C35H36N2O5.C17H26N2O3/c1-40-29-17-12-26(13-18-29)35(25-10-6-5-7-11-25,27-14-19-30(41-2)20-15-27)42-23-9-4-3-8-22-37-33(38)31-21-16-28(36)24-32(31)34(37)39;1-3-4-5-6-7-10-19-17(21)16-11-15(18)9-8-14(16)12-22-13(2)20/h5-7,10-21,24H,3-4,8-9,22-23,36H2,1-2H3;8-9,11H,3-7,10,12,18H2,1-2H3,(H,19,21). The number of methoxy groups -OCH3 is 2. The number of rotatable bonds is 22. The summed E-state index contributed by atoms with van der Waals surface area (Å²) in [6.45, 7) is 5.14. The highest BCUT2D eigenvalue weighted by Gasteiger charge is 2.38. The molecule has 5 aromatic carbocycles. The third kappa shape index (κ3) is 12.7. The molecule has 0 saturated heterocycles. The summed E-state index contributed by atoms with van der Waals surface area (Å²) in [5.74, 6) is 0.486. The molecule has 12 heteroatoms. The summed E-state index contributed by atoms with van der Waals surface area (Å²) in [5, 5.41) is 2.90. The van der Waals surface area contributed by atoms with Gasteiger partial charge in [-0.05, 0) is 90.6 Å². The highest BCUT2D eigenvalue weighted by molar-refractivity contribution is 6.21. The van der Waals surface area contributed by atoms with Crippen molar-refractivity contribution in [3.05, 3.63) is 154 Å². The number of fused-ring (bicyclic) bond motifs is 1. The van der Waals surface area contributed by atoms with Gasteiger partial charge in [0.2, 0.25) is 0 Å². The first-order valence-electron chi connectivity index (χ1n) is 22.1. The second kappa shape index (κ2) is 24.3. The first kappa shape index (κ1) is 48.4. The Morgan fingerprint density at radius 3 is 1.83 bits per heavy atom. The Balaban J connectivity index is 0.000000296. The van der Waals surface area contributed by atoms with E-state index in [2.05, 4.69) is 24.4 Å². The van der Waals surface area contributed by atoms with Crippen molar-refractivity contribution in [2.75, 3.05) is 45.4 Å². The third-order valence-electron chi connectivity index (χ3n) is 11.1. The number of ether oxygens (including phenoxy) is 4. The Bertz CT molecular complexity index is 2250. The van der Waals surface area contributed by atoms with Gasteiger partial charge in [0.05, 0.1) is 25.3 Å². The van der Waals surface area contributed by atoms with E-state index >= 15 is 0 Å². The van der Waals surface area contributed by atoms with Crippen molar-refractivity contribution in [3.63, 3.8) is 0 Å². The van der Waals surface area contributed by atoms with Crippen molar-refractivity contribution in [1.29, 1.82) is 0 Å². The maximum atomic E-state index is 12.7. The second-order valence-electron chi connectivity index (χ2n) is 15.7. The molecule has 0 fully saturated rings. The molecule has 5 aromatic rings. The number of hydrogen-bond donors (Lipinski definition) is 3. The molecule has 12 nitrogen and oxygen atoms in total. The number of esters is 1. The number of carbonyl (C=O) groups is 4. The topological polar surface area (TPSA) is 173 Å². The lowest BCUT2D eigenvalue weighted by Crippen LogP contribution is -2.33. The molecule has 64 heavy (non-hydrogen) atoms. The van der Waals surface area contributed by atoms with Crippen molar-refractivity contribution in [3.8, 4) is 11.5 Å². The largest absolute Gasteiger partial charge is 0.497 e. The quantitative estimate of drug-likeness (QED) is 0.0200. The van der Waals surface area contributed by atoms with E-state index in [0.717, 1.165) is 66.7 Å². The van der Waals surface area contributed by atoms with Crippen molar-refractivity contribution in [1.82, 2.24) is 10.2 Å². The number of nitrogens with one attached hydrogen (secondary N) is 1. The molecule has 0 saturated carbocycles. The third-order valence-corrected chi connectivity index (χ3v) is 11.1. The van der Waals surface area contributed by atoms with Gasteiger partial charge in [-0.1, -0.05) is 106 Å². The fourth-order valence-electron chi connectivity index (χ4n) is 7.67. The summed E-state index contributed by atoms with van der Waals surface area (Å²) in [6, 6.07) is 36.1. The predicted octanol–water partition coefficient (Wildman–Crippen LogP) is 9.48. The van der Waals surface area contributed by atoms with Crippen LogP contribution in [0.1, 0.15) is 125 Å². The summed E-state index contributed by atoms with van der Waals surface area (Å²) in [4.78, 5) is 49.9. The van der Waals surface area contributed by atoms with Crippen LogP contribution < -0.4 is 26.3 Å². The number of unbranched alkanes of at least 4 members (excludes halogenated alkanes) is 7. The fraction of sp³-hybridized carbons (Fsp3) is 0.346. The molecule has 0 aliphatic carbocycles. The van der Waals surface area contributed by atoms with Crippen LogP contribution in [0.25, 0.3) is 0 Å². The lowest BCUT2D eigenvalue weighted by atomic mass is 9.80. The molecular weight excluding hydrogens is 809 g/mol. The minimum absolute atomic E-state index is 0.0782. The molecule has 1 heterocycles. The number of imide groups is 1. The van der Waals surface area contributed by atoms with Crippen molar-refractivity contribution >= 4 is 35.1 Å². The average molecular weight is 871 g/mol. The van der Waals surface area contributed by atoms with E-state index in [1.807, 2.05) is 66.7 Å². The van der Waals surface area contributed by atoms with Gasteiger partial charge in [0.25, 0.3) is 17.7 Å². The highest BCUT2D eigenvalue weighted by Crippen LogP contribution is 2.42. The number of nitrogen functional groups attached to an aromatic ring is 2. The molecular formula is C52H62N4O8. The molecule has 0 aromatic heterocycles. The summed E-state index contributed by atoms with van der Waals surface area (Å²) >= 11 is 0. The zero-order chi connectivity index (χ0) is 45.9. The van der Waals surface area contributed by atoms with Gasteiger partial charge in [-0.3, -0.25) is 24.1 Å². The molecule has 5 N–H and O–H groups in total. The smallest absolute Gasteiger partial charge is 0.302 e. The van der Waals surface area contributed by atoms with Gasteiger partial charge in [-0.25, -0.2) is 0 Å².